The number of hydrogen-bond acceptors (Lipinski definition) is 4. The normalized spacial score (nSPS) is 11.7. The zero-order valence-electron chi connectivity index (χ0n) is 14.1. The second kappa shape index (κ2) is 6.37. The van der Waals surface area contributed by atoms with E-state index in [2.05, 4.69) is 10.2 Å². The molecule has 0 aliphatic carbocycles. The molecular formula is C21H13ClN4O. The van der Waals surface area contributed by atoms with E-state index in [1.807, 2.05) is 71.3 Å². The lowest BCUT2D eigenvalue weighted by atomic mass is 10.2. The average Bonchev–Trinajstić information content (AvgIpc) is 3.29. The maximum Gasteiger partial charge on any atom is 0.190 e. The van der Waals surface area contributed by atoms with Crippen LogP contribution in [-0.4, -0.2) is 9.38 Å². The highest BCUT2D eigenvalue weighted by Crippen LogP contribution is 2.35. The quantitative estimate of drug-likeness (QED) is 0.326. The summed E-state index contributed by atoms with van der Waals surface area (Å²) < 4.78 is 7.89. The van der Waals surface area contributed by atoms with Gasteiger partial charge in [-0.25, -0.2) is 4.98 Å². The summed E-state index contributed by atoms with van der Waals surface area (Å²) in [7, 11) is 0. The number of nitrogens with zero attached hydrogens (tertiary/aromatic N) is 4. The molecule has 5 nitrogen and oxygen atoms in total. The van der Waals surface area contributed by atoms with E-state index in [9.17, 15) is 0 Å². The van der Waals surface area contributed by atoms with Crippen molar-refractivity contribution in [1.82, 2.24) is 9.38 Å². The average molecular weight is 373 g/mol. The van der Waals surface area contributed by atoms with Crippen LogP contribution in [0.25, 0.3) is 28.1 Å². The first-order valence-electron chi connectivity index (χ1n) is 8.41. The fourth-order valence-electron chi connectivity index (χ4n) is 2.96. The Kier molecular flexibility index (Phi) is 3.73. The summed E-state index contributed by atoms with van der Waals surface area (Å²) in [5.41, 5.74) is 2.94. The van der Waals surface area contributed by atoms with Crippen LogP contribution in [-0.2, 0) is 0 Å². The second-order valence-electron chi connectivity index (χ2n) is 6.04. The van der Waals surface area contributed by atoms with Crippen LogP contribution >= 0.6 is 11.6 Å². The number of rotatable bonds is 3. The Hall–Kier alpha value is -3.44. The fraction of sp³-hybridized carbons (Fsp3) is 0. The first-order valence-corrected chi connectivity index (χ1v) is 8.79. The van der Waals surface area contributed by atoms with Crippen molar-refractivity contribution in [3.8, 4) is 11.5 Å². The van der Waals surface area contributed by atoms with Gasteiger partial charge in [-0.1, -0.05) is 35.9 Å². The standard InChI is InChI=1S/C21H13ClN4O/c22-15-8-10-16(11-9-15)24-25-21-20(23-19-7-3-4-12-26(19)21)18-13-14-5-1-2-6-17(14)27-18/h1-13H. The Morgan fingerprint density at radius 1 is 0.889 bits per heavy atom. The van der Waals surface area contributed by atoms with E-state index in [0.29, 0.717) is 28.0 Å². The largest absolute Gasteiger partial charge is 0.454 e. The highest BCUT2D eigenvalue weighted by Gasteiger charge is 2.17. The minimum absolute atomic E-state index is 0.611. The first kappa shape index (κ1) is 15.8. The number of pyridine rings is 1. The van der Waals surface area contributed by atoms with E-state index in [1.54, 1.807) is 12.1 Å². The summed E-state index contributed by atoms with van der Waals surface area (Å²) in [6, 6.07) is 22.8. The number of furan rings is 1. The van der Waals surface area contributed by atoms with Crippen LogP contribution in [0.4, 0.5) is 11.5 Å². The topological polar surface area (TPSA) is 55.2 Å². The van der Waals surface area contributed by atoms with Crippen LogP contribution in [0.2, 0.25) is 5.02 Å². The van der Waals surface area contributed by atoms with Gasteiger partial charge in [0.15, 0.2) is 17.3 Å². The molecule has 0 atom stereocenters. The van der Waals surface area contributed by atoms with Crippen LogP contribution in [0.3, 0.4) is 0 Å². The maximum atomic E-state index is 6.00. The summed E-state index contributed by atoms with van der Waals surface area (Å²) >= 11 is 5.93. The highest BCUT2D eigenvalue weighted by atomic mass is 35.5. The van der Waals surface area contributed by atoms with Gasteiger partial charge in [0.05, 0.1) is 5.69 Å². The van der Waals surface area contributed by atoms with Gasteiger partial charge >= 0.3 is 0 Å². The van der Waals surface area contributed by atoms with Gasteiger partial charge in [0.25, 0.3) is 0 Å². The molecule has 0 radical (unpaired) electrons. The number of hydrogen-bond donors (Lipinski definition) is 0. The SMILES string of the molecule is Clc1ccc(N=Nc2c(-c3cc4ccccc4o3)nc3ccccn23)cc1. The number of halogens is 1. The summed E-state index contributed by atoms with van der Waals surface area (Å²) in [5.74, 6) is 1.27. The van der Waals surface area contributed by atoms with Crippen molar-refractivity contribution >= 4 is 39.7 Å². The van der Waals surface area contributed by atoms with Gasteiger partial charge in [0.1, 0.15) is 11.2 Å². The number of para-hydroxylation sites is 1. The lowest BCUT2D eigenvalue weighted by Gasteiger charge is -1.97. The van der Waals surface area contributed by atoms with Gasteiger partial charge in [-0.05, 0) is 48.5 Å². The predicted molar refractivity (Wildman–Crippen MR) is 106 cm³/mol. The van der Waals surface area contributed by atoms with Crippen LogP contribution in [0.1, 0.15) is 0 Å². The molecule has 6 heteroatoms. The summed E-state index contributed by atoms with van der Waals surface area (Å²) in [6.45, 7) is 0. The third kappa shape index (κ3) is 2.88. The molecule has 5 aromatic rings. The van der Waals surface area contributed by atoms with Crippen LogP contribution in [0, 0.1) is 0 Å². The number of imidazole rings is 1. The number of benzene rings is 2. The van der Waals surface area contributed by atoms with Gasteiger partial charge in [-0.3, -0.25) is 4.40 Å². The molecule has 5 rings (SSSR count). The molecule has 2 aromatic carbocycles. The monoisotopic (exact) mass is 372 g/mol. The van der Waals surface area contributed by atoms with Gasteiger partial charge < -0.3 is 4.42 Å². The van der Waals surface area contributed by atoms with E-state index in [-0.39, 0.29) is 0 Å². The summed E-state index contributed by atoms with van der Waals surface area (Å²) in [4.78, 5) is 4.70. The van der Waals surface area contributed by atoms with E-state index >= 15 is 0 Å². The van der Waals surface area contributed by atoms with Gasteiger partial charge in [-0.15, -0.1) is 10.2 Å². The van der Waals surface area contributed by atoms with Crippen molar-refractivity contribution in [2.75, 3.05) is 0 Å². The number of fused-ring (bicyclic) bond motifs is 2. The van der Waals surface area contributed by atoms with E-state index in [0.717, 1.165) is 16.6 Å². The zero-order valence-corrected chi connectivity index (χ0v) is 14.8. The smallest absolute Gasteiger partial charge is 0.190 e. The van der Waals surface area contributed by atoms with Crippen LogP contribution in [0.15, 0.2) is 93.6 Å². The minimum Gasteiger partial charge on any atom is -0.454 e. The molecule has 0 saturated heterocycles. The zero-order chi connectivity index (χ0) is 18.2. The minimum atomic E-state index is 0.611. The Morgan fingerprint density at radius 2 is 1.70 bits per heavy atom. The first-order chi connectivity index (χ1) is 13.3. The lowest BCUT2D eigenvalue weighted by molar-refractivity contribution is 0.629. The van der Waals surface area contributed by atoms with E-state index in [4.69, 9.17) is 21.0 Å². The molecular weight excluding hydrogens is 360 g/mol. The van der Waals surface area contributed by atoms with E-state index in [1.165, 1.54) is 0 Å². The molecule has 0 amide bonds. The van der Waals surface area contributed by atoms with E-state index < -0.39 is 0 Å². The summed E-state index contributed by atoms with van der Waals surface area (Å²) in [6.07, 6.45) is 1.91. The Morgan fingerprint density at radius 3 is 2.56 bits per heavy atom. The Bertz CT molecular complexity index is 1250. The third-order valence-electron chi connectivity index (χ3n) is 4.25. The van der Waals surface area contributed by atoms with Crippen molar-refractivity contribution in [3.63, 3.8) is 0 Å². The lowest BCUT2D eigenvalue weighted by Crippen LogP contribution is -1.81. The fourth-order valence-corrected chi connectivity index (χ4v) is 3.08. The maximum absolute atomic E-state index is 6.00. The van der Waals surface area contributed by atoms with Crippen molar-refractivity contribution in [1.29, 1.82) is 0 Å². The second-order valence-corrected chi connectivity index (χ2v) is 6.47. The molecule has 3 heterocycles. The molecule has 0 unspecified atom stereocenters. The molecule has 0 aliphatic rings. The van der Waals surface area contributed by atoms with Crippen molar-refractivity contribution in [3.05, 3.63) is 84.0 Å². The predicted octanol–water partition coefficient (Wildman–Crippen LogP) is 6.82. The summed E-state index contributed by atoms with van der Waals surface area (Å²) in [5, 5.41) is 10.5. The van der Waals surface area contributed by atoms with Gasteiger partial charge in [0.2, 0.25) is 0 Å². The highest BCUT2D eigenvalue weighted by molar-refractivity contribution is 6.30. The molecule has 0 fully saturated rings. The number of azo groups is 1. The molecule has 130 valence electrons. The van der Waals surface area contributed by atoms with Crippen LogP contribution in [0.5, 0.6) is 0 Å². The Balaban J connectivity index is 1.67. The molecule has 0 aliphatic heterocycles. The third-order valence-corrected chi connectivity index (χ3v) is 4.50. The van der Waals surface area contributed by atoms with Crippen molar-refractivity contribution < 1.29 is 4.42 Å². The molecule has 3 aromatic heterocycles. The number of aromatic nitrogens is 2. The molecule has 0 bridgehead atoms. The van der Waals surface area contributed by atoms with Gasteiger partial charge in [-0.2, -0.15) is 0 Å². The molecule has 0 saturated carbocycles. The molecule has 27 heavy (non-hydrogen) atoms. The Labute approximate surface area is 159 Å². The van der Waals surface area contributed by atoms with Crippen molar-refractivity contribution in [2.45, 2.75) is 0 Å². The van der Waals surface area contributed by atoms with Crippen molar-refractivity contribution in [2.24, 2.45) is 10.2 Å². The molecule has 0 N–H and O–H groups in total. The van der Waals surface area contributed by atoms with Crippen LogP contribution < -0.4 is 0 Å². The molecule has 0 spiro atoms. The van der Waals surface area contributed by atoms with Gasteiger partial charge in [0, 0.05) is 16.6 Å².